The lowest BCUT2D eigenvalue weighted by Gasteiger charge is -2.51. The predicted octanol–water partition coefficient (Wildman–Crippen LogP) is 15.3. The van der Waals surface area contributed by atoms with E-state index in [4.69, 9.17) is 4.74 Å². The van der Waals surface area contributed by atoms with Crippen molar-refractivity contribution >= 4 is 39.8 Å². The summed E-state index contributed by atoms with van der Waals surface area (Å²) in [6.45, 7) is 24.4. The van der Waals surface area contributed by atoms with Gasteiger partial charge in [-0.3, -0.25) is 0 Å². The summed E-state index contributed by atoms with van der Waals surface area (Å²) in [6.07, 6.45) is 9.73. The normalized spacial score (nSPS) is 27.2. The van der Waals surface area contributed by atoms with Crippen LogP contribution in [0.15, 0.2) is 103 Å². The molecule has 0 amide bonds. The van der Waals surface area contributed by atoms with Crippen molar-refractivity contribution in [3.63, 3.8) is 0 Å². The first-order chi connectivity index (χ1) is 27.5. The Morgan fingerprint density at radius 3 is 1.28 bits per heavy atom. The molecule has 4 nitrogen and oxygen atoms in total. The minimum absolute atomic E-state index is 0.0215. The van der Waals surface area contributed by atoms with Crippen LogP contribution in [0.4, 0.5) is 39.8 Å². The summed E-state index contributed by atoms with van der Waals surface area (Å²) in [6, 6.07) is 39.6. The number of anilines is 7. The molecule has 2 saturated carbocycles. The van der Waals surface area contributed by atoms with Crippen molar-refractivity contribution in [1.29, 1.82) is 0 Å². The van der Waals surface area contributed by atoms with Gasteiger partial charge < -0.3 is 19.4 Å². The van der Waals surface area contributed by atoms with Crippen molar-refractivity contribution in [3.05, 3.63) is 125 Å². The molecule has 10 rings (SSSR count). The molecule has 3 heterocycles. The number of rotatable bonds is 3. The fourth-order valence-corrected chi connectivity index (χ4v) is 12.2. The number of hydrogen-bond donors (Lipinski definition) is 0. The fraction of sp³-hybridized carbons (Fsp3) is 0.444. The molecule has 5 aromatic carbocycles. The van der Waals surface area contributed by atoms with E-state index in [2.05, 4.69) is 187 Å². The zero-order valence-electron chi connectivity index (χ0n) is 36.7. The molecule has 300 valence electrons. The van der Waals surface area contributed by atoms with Crippen molar-refractivity contribution in [2.45, 2.75) is 153 Å². The maximum atomic E-state index is 6.60. The third-order valence-electron chi connectivity index (χ3n) is 16.0. The molecule has 4 unspecified atom stereocenters. The van der Waals surface area contributed by atoms with Crippen molar-refractivity contribution in [3.8, 4) is 11.5 Å². The molecule has 2 aliphatic carbocycles. The van der Waals surface area contributed by atoms with Gasteiger partial charge in [-0.15, -0.1) is 0 Å². The van der Waals surface area contributed by atoms with Crippen molar-refractivity contribution in [1.82, 2.24) is 0 Å². The van der Waals surface area contributed by atoms with Gasteiger partial charge in [0.2, 0.25) is 0 Å². The number of nitrogens with zero attached hydrogens (tertiary/aromatic N) is 3. The highest BCUT2D eigenvalue weighted by molar-refractivity contribution is 5.92. The van der Waals surface area contributed by atoms with Gasteiger partial charge in [-0.05, 0) is 127 Å². The number of hydrogen-bond acceptors (Lipinski definition) is 4. The highest BCUT2D eigenvalue weighted by Crippen LogP contribution is 2.65. The van der Waals surface area contributed by atoms with E-state index in [1.54, 1.807) is 0 Å². The van der Waals surface area contributed by atoms with Gasteiger partial charge in [0, 0.05) is 33.6 Å². The van der Waals surface area contributed by atoms with Crippen LogP contribution in [0.3, 0.4) is 0 Å². The Kier molecular flexibility index (Phi) is 8.04. The van der Waals surface area contributed by atoms with Crippen LogP contribution < -0.4 is 19.4 Å². The lowest BCUT2D eigenvalue weighted by atomic mass is 9.61. The summed E-state index contributed by atoms with van der Waals surface area (Å²) in [4.78, 5) is 8.05. The second kappa shape index (κ2) is 12.4. The Hall–Kier alpha value is -4.70. The average molecular weight is 770 g/mol. The minimum Gasteiger partial charge on any atom is -0.453 e. The molecule has 4 atom stereocenters. The summed E-state index contributed by atoms with van der Waals surface area (Å²) < 4.78 is 6.60. The molecule has 4 heteroatoms. The van der Waals surface area contributed by atoms with Gasteiger partial charge in [-0.25, -0.2) is 0 Å². The van der Waals surface area contributed by atoms with E-state index >= 15 is 0 Å². The van der Waals surface area contributed by atoms with Crippen LogP contribution in [0, 0.1) is 0 Å². The third-order valence-corrected chi connectivity index (χ3v) is 16.0. The van der Waals surface area contributed by atoms with Crippen LogP contribution in [-0.2, 0) is 21.7 Å². The molecule has 0 bridgehead atoms. The molecule has 5 aromatic rings. The van der Waals surface area contributed by atoms with E-state index in [1.165, 1.54) is 83.5 Å². The largest absolute Gasteiger partial charge is 0.453 e. The smallest absolute Gasteiger partial charge is 0.151 e. The van der Waals surface area contributed by atoms with Crippen LogP contribution >= 0.6 is 0 Å². The molecule has 0 aromatic heterocycles. The second-order valence-corrected chi connectivity index (χ2v) is 21.3. The minimum atomic E-state index is -0.0887. The Balaban J connectivity index is 1.26. The van der Waals surface area contributed by atoms with Crippen molar-refractivity contribution < 1.29 is 4.74 Å². The van der Waals surface area contributed by atoms with E-state index in [1.807, 2.05) is 0 Å². The Morgan fingerprint density at radius 2 is 0.845 bits per heavy atom. The summed E-state index contributed by atoms with van der Waals surface area (Å²) in [5, 5.41) is 0. The topological polar surface area (TPSA) is 19.0 Å². The van der Waals surface area contributed by atoms with E-state index in [9.17, 15) is 0 Å². The lowest BCUT2D eigenvalue weighted by molar-refractivity contribution is 0.194. The fourth-order valence-electron chi connectivity index (χ4n) is 12.2. The highest BCUT2D eigenvalue weighted by atomic mass is 16.5. The van der Waals surface area contributed by atoms with Crippen LogP contribution in [0.5, 0.6) is 11.5 Å². The monoisotopic (exact) mass is 769 g/mol. The zero-order chi connectivity index (χ0) is 40.6. The van der Waals surface area contributed by atoms with Gasteiger partial charge in [0.1, 0.15) is 0 Å². The maximum absolute atomic E-state index is 6.60. The van der Waals surface area contributed by atoms with Crippen molar-refractivity contribution in [2.75, 3.05) is 14.7 Å². The molecule has 0 saturated heterocycles. The first kappa shape index (κ1) is 37.6. The van der Waals surface area contributed by atoms with E-state index in [-0.39, 0.29) is 32.7 Å². The summed E-state index contributed by atoms with van der Waals surface area (Å²) in [5.74, 6) is 1.77. The summed E-state index contributed by atoms with van der Waals surface area (Å²) in [7, 11) is 0. The first-order valence-corrected chi connectivity index (χ1v) is 22.2. The molecule has 58 heavy (non-hydrogen) atoms. The number of benzene rings is 5. The second-order valence-electron chi connectivity index (χ2n) is 21.3. The zero-order valence-corrected chi connectivity index (χ0v) is 36.7. The van der Waals surface area contributed by atoms with Gasteiger partial charge in [-0.2, -0.15) is 0 Å². The van der Waals surface area contributed by atoms with E-state index < -0.39 is 0 Å². The third kappa shape index (κ3) is 5.11. The van der Waals surface area contributed by atoms with Gasteiger partial charge in [0.05, 0.1) is 28.1 Å². The Bertz CT molecular complexity index is 2300. The SMILES string of the molecule is CC(C)(C)c1ccc2c(c1)C1(C)CCCCC1(C)N2c1cc(N2c3ccccc3Oc3ccccc32)cc(N2c3ccc(C(C)(C)C)cc3C3(C)CCCCC23C)c1. The summed E-state index contributed by atoms with van der Waals surface area (Å²) in [5.41, 5.74) is 14.5. The molecule has 0 spiro atoms. The molecular formula is C54H63N3O. The van der Waals surface area contributed by atoms with E-state index in [0.717, 1.165) is 41.4 Å². The first-order valence-electron chi connectivity index (χ1n) is 22.2. The Labute approximate surface area is 348 Å². The van der Waals surface area contributed by atoms with Gasteiger partial charge >= 0.3 is 0 Å². The quantitative estimate of drug-likeness (QED) is 0.178. The Morgan fingerprint density at radius 1 is 0.448 bits per heavy atom. The number of ether oxygens (including phenoxy) is 1. The lowest BCUT2D eigenvalue weighted by Crippen LogP contribution is -2.55. The highest BCUT2D eigenvalue weighted by Gasteiger charge is 2.60. The van der Waals surface area contributed by atoms with Gasteiger partial charge in [0.25, 0.3) is 0 Å². The molecule has 0 radical (unpaired) electrons. The van der Waals surface area contributed by atoms with Crippen LogP contribution in [-0.4, -0.2) is 11.1 Å². The predicted molar refractivity (Wildman–Crippen MR) is 244 cm³/mol. The molecular weight excluding hydrogens is 707 g/mol. The van der Waals surface area contributed by atoms with Gasteiger partial charge in [0.15, 0.2) is 11.5 Å². The molecule has 2 fully saturated rings. The number of fused-ring (bicyclic) bond motifs is 8. The molecule has 3 aliphatic heterocycles. The van der Waals surface area contributed by atoms with Crippen LogP contribution in [0.2, 0.25) is 0 Å². The standard InChI is InChI=1S/C54H63N3O/c1-49(2,3)36-23-25-43-41(31-36)51(7)27-15-17-29-53(51,9)56(43)39-33-38(55-45-19-11-13-21-47(45)58-48-22-14-12-20-46(48)55)34-40(35-39)57-44-26-24-37(50(4,5)6)32-42(44)52(8)28-16-18-30-54(52,57)10/h11-14,19-26,31-35H,15-18,27-30H2,1-10H3. The van der Waals surface area contributed by atoms with Crippen LogP contribution in [0.1, 0.15) is 143 Å². The molecule has 5 aliphatic rings. The maximum Gasteiger partial charge on any atom is 0.151 e. The van der Waals surface area contributed by atoms with Crippen LogP contribution in [0.25, 0.3) is 0 Å². The van der Waals surface area contributed by atoms with E-state index in [0.29, 0.717) is 0 Å². The van der Waals surface area contributed by atoms with Gasteiger partial charge in [-0.1, -0.05) is 130 Å². The van der Waals surface area contributed by atoms with Crippen molar-refractivity contribution in [2.24, 2.45) is 0 Å². The molecule has 0 N–H and O–H groups in total. The summed E-state index contributed by atoms with van der Waals surface area (Å²) >= 11 is 0. The average Bonchev–Trinajstić information content (AvgIpc) is 3.53. The number of para-hydroxylation sites is 4.